The summed E-state index contributed by atoms with van der Waals surface area (Å²) < 4.78 is 0. The van der Waals surface area contributed by atoms with E-state index in [1.54, 1.807) is 11.3 Å². The summed E-state index contributed by atoms with van der Waals surface area (Å²) in [6.07, 6.45) is 1.09. The first-order valence-corrected chi connectivity index (χ1v) is 7.79. The summed E-state index contributed by atoms with van der Waals surface area (Å²) in [7, 11) is 1.86. The first kappa shape index (κ1) is 16.3. The third-order valence-electron chi connectivity index (χ3n) is 3.64. The first-order chi connectivity index (χ1) is 9.86. The Balaban J connectivity index is 0.00000161. The Hall–Kier alpha value is -1.08. The van der Waals surface area contributed by atoms with E-state index in [2.05, 4.69) is 57.0 Å². The Bertz CT molecular complexity index is 595. The quantitative estimate of drug-likeness (QED) is 0.464. The molecule has 2 heterocycles. The van der Waals surface area contributed by atoms with Gasteiger partial charge in [-0.15, -0.1) is 35.3 Å². The van der Waals surface area contributed by atoms with E-state index >= 15 is 0 Å². The van der Waals surface area contributed by atoms with Crippen molar-refractivity contribution in [2.75, 3.05) is 13.6 Å². The molecular formula is C16H20IN3S. The molecule has 0 bridgehead atoms. The Morgan fingerprint density at radius 2 is 2.05 bits per heavy atom. The number of thiophene rings is 1. The molecule has 0 atom stereocenters. The molecule has 1 aromatic carbocycles. The second kappa shape index (κ2) is 7.79. The molecular weight excluding hydrogens is 393 g/mol. The third kappa shape index (κ3) is 3.97. The van der Waals surface area contributed by atoms with Gasteiger partial charge in [0.1, 0.15) is 0 Å². The number of halogens is 1. The summed E-state index contributed by atoms with van der Waals surface area (Å²) in [4.78, 5) is 8.09. The number of benzene rings is 1. The molecule has 0 saturated carbocycles. The van der Waals surface area contributed by atoms with E-state index in [0.717, 1.165) is 32.0 Å². The van der Waals surface area contributed by atoms with Gasteiger partial charge in [-0.2, -0.15) is 0 Å². The maximum atomic E-state index is 4.42. The van der Waals surface area contributed by atoms with Gasteiger partial charge < -0.3 is 10.2 Å². The molecule has 0 amide bonds. The average molecular weight is 413 g/mol. The maximum absolute atomic E-state index is 4.42. The predicted octanol–water partition coefficient (Wildman–Crippen LogP) is 3.50. The second-order valence-electron chi connectivity index (χ2n) is 4.92. The maximum Gasteiger partial charge on any atom is 0.194 e. The average Bonchev–Trinajstić information content (AvgIpc) is 3.01. The highest BCUT2D eigenvalue weighted by atomic mass is 127. The molecule has 1 aliphatic heterocycles. The zero-order valence-electron chi connectivity index (χ0n) is 12.1. The van der Waals surface area contributed by atoms with Crippen molar-refractivity contribution in [1.82, 2.24) is 10.2 Å². The number of aliphatic imine (C=N–C) groups is 1. The fraction of sp³-hybridized carbons (Fsp3) is 0.312. The molecule has 0 saturated heterocycles. The highest BCUT2D eigenvalue weighted by molar-refractivity contribution is 14.0. The summed E-state index contributed by atoms with van der Waals surface area (Å²) in [5, 5.41) is 5.57. The molecule has 21 heavy (non-hydrogen) atoms. The number of hydrogen-bond acceptors (Lipinski definition) is 2. The summed E-state index contributed by atoms with van der Waals surface area (Å²) >= 11 is 1.77. The molecule has 3 nitrogen and oxygen atoms in total. The molecule has 0 unspecified atom stereocenters. The van der Waals surface area contributed by atoms with Crippen LogP contribution < -0.4 is 5.32 Å². The number of nitrogens with one attached hydrogen (secondary N) is 1. The van der Waals surface area contributed by atoms with Crippen molar-refractivity contribution >= 4 is 41.3 Å². The normalized spacial score (nSPS) is 14.3. The van der Waals surface area contributed by atoms with Crippen LogP contribution in [-0.4, -0.2) is 24.5 Å². The van der Waals surface area contributed by atoms with Crippen LogP contribution in [0.1, 0.15) is 16.0 Å². The smallest absolute Gasteiger partial charge is 0.194 e. The summed E-state index contributed by atoms with van der Waals surface area (Å²) in [5.74, 6) is 0.993. The van der Waals surface area contributed by atoms with Crippen LogP contribution in [0.25, 0.3) is 0 Å². The van der Waals surface area contributed by atoms with Crippen molar-refractivity contribution in [3.8, 4) is 0 Å². The van der Waals surface area contributed by atoms with E-state index in [-0.39, 0.29) is 24.0 Å². The first-order valence-electron chi connectivity index (χ1n) is 6.91. The molecule has 1 aliphatic rings. The van der Waals surface area contributed by atoms with Crippen molar-refractivity contribution in [3.63, 3.8) is 0 Å². The Kier molecular flexibility index (Phi) is 6.05. The number of nitrogens with zero attached hydrogens (tertiary/aromatic N) is 2. The largest absolute Gasteiger partial charge is 0.351 e. The van der Waals surface area contributed by atoms with Crippen LogP contribution >= 0.6 is 35.3 Å². The predicted molar refractivity (Wildman–Crippen MR) is 100 cm³/mol. The molecule has 1 N–H and O–H groups in total. The van der Waals surface area contributed by atoms with Crippen LogP contribution in [0.5, 0.6) is 0 Å². The Morgan fingerprint density at radius 1 is 1.24 bits per heavy atom. The van der Waals surface area contributed by atoms with Crippen molar-refractivity contribution in [2.45, 2.75) is 19.5 Å². The van der Waals surface area contributed by atoms with Crippen molar-refractivity contribution in [1.29, 1.82) is 0 Å². The SMILES string of the molecule is CN=C(NCc1cccs1)N1CCc2ccccc2C1.I. The van der Waals surface area contributed by atoms with Gasteiger partial charge in [-0.05, 0) is 29.0 Å². The Labute approximate surface area is 147 Å². The minimum absolute atomic E-state index is 0. The van der Waals surface area contributed by atoms with Gasteiger partial charge in [0.25, 0.3) is 0 Å². The fourth-order valence-corrected chi connectivity index (χ4v) is 3.23. The van der Waals surface area contributed by atoms with Crippen molar-refractivity contribution in [3.05, 3.63) is 57.8 Å². The lowest BCUT2D eigenvalue weighted by molar-refractivity contribution is 0.378. The van der Waals surface area contributed by atoms with Gasteiger partial charge in [-0.3, -0.25) is 4.99 Å². The molecule has 5 heteroatoms. The van der Waals surface area contributed by atoms with Gasteiger partial charge in [0.15, 0.2) is 5.96 Å². The van der Waals surface area contributed by atoms with Crippen LogP contribution in [0.3, 0.4) is 0 Å². The van der Waals surface area contributed by atoms with E-state index in [9.17, 15) is 0 Å². The van der Waals surface area contributed by atoms with E-state index in [1.807, 2.05) is 7.05 Å². The molecule has 3 rings (SSSR count). The number of rotatable bonds is 2. The molecule has 2 aromatic rings. The van der Waals surface area contributed by atoms with E-state index in [4.69, 9.17) is 0 Å². The molecule has 0 fully saturated rings. The topological polar surface area (TPSA) is 27.6 Å². The molecule has 0 spiro atoms. The Morgan fingerprint density at radius 3 is 2.76 bits per heavy atom. The standard InChI is InChI=1S/C16H19N3S.HI/c1-17-16(18-11-15-7-4-10-20-15)19-9-8-13-5-2-3-6-14(13)12-19;/h2-7,10H,8-9,11-12H2,1H3,(H,17,18);1H. The summed E-state index contributed by atoms with van der Waals surface area (Å²) in [6.45, 7) is 2.82. The van der Waals surface area contributed by atoms with Crippen LogP contribution in [-0.2, 0) is 19.5 Å². The van der Waals surface area contributed by atoms with Gasteiger partial charge in [-0.1, -0.05) is 30.3 Å². The van der Waals surface area contributed by atoms with Crippen LogP contribution in [0.2, 0.25) is 0 Å². The fourth-order valence-electron chi connectivity index (χ4n) is 2.59. The lowest BCUT2D eigenvalue weighted by atomic mass is 10.0. The lowest BCUT2D eigenvalue weighted by Gasteiger charge is -2.31. The van der Waals surface area contributed by atoms with Crippen molar-refractivity contribution < 1.29 is 0 Å². The number of hydrogen-bond donors (Lipinski definition) is 1. The molecule has 112 valence electrons. The monoisotopic (exact) mass is 413 g/mol. The minimum Gasteiger partial charge on any atom is -0.351 e. The molecule has 0 radical (unpaired) electrons. The zero-order valence-corrected chi connectivity index (χ0v) is 15.2. The summed E-state index contributed by atoms with van der Waals surface area (Å²) in [5.41, 5.74) is 2.88. The molecule has 1 aromatic heterocycles. The van der Waals surface area contributed by atoms with E-state index in [0.29, 0.717) is 0 Å². The highest BCUT2D eigenvalue weighted by Crippen LogP contribution is 2.18. The second-order valence-corrected chi connectivity index (χ2v) is 5.95. The lowest BCUT2D eigenvalue weighted by Crippen LogP contribution is -2.43. The van der Waals surface area contributed by atoms with Crippen LogP contribution in [0.4, 0.5) is 0 Å². The van der Waals surface area contributed by atoms with Gasteiger partial charge >= 0.3 is 0 Å². The number of fused-ring (bicyclic) bond motifs is 1. The van der Waals surface area contributed by atoms with Crippen LogP contribution in [0, 0.1) is 0 Å². The zero-order chi connectivity index (χ0) is 13.8. The minimum atomic E-state index is 0. The van der Waals surface area contributed by atoms with Gasteiger partial charge in [0, 0.05) is 25.0 Å². The van der Waals surface area contributed by atoms with E-state index < -0.39 is 0 Å². The number of guanidine groups is 1. The third-order valence-corrected chi connectivity index (χ3v) is 4.52. The highest BCUT2D eigenvalue weighted by Gasteiger charge is 2.18. The molecule has 0 aliphatic carbocycles. The van der Waals surface area contributed by atoms with Gasteiger partial charge in [0.2, 0.25) is 0 Å². The van der Waals surface area contributed by atoms with Gasteiger partial charge in [-0.25, -0.2) is 0 Å². The van der Waals surface area contributed by atoms with Gasteiger partial charge in [0.05, 0.1) is 6.54 Å². The summed E-state index contributed by atoms with van der Waals surface area (Å²) in [6, 6.07) is 12.9. The van der Waals surface area contributed by atoms with Crippen molar-refractivity contribution in [2.24, 2.45) is 4.99 Å². The van der Waals surface area contributed by atoms with E-state index in [1.165, 1.54) is 16.0 Å². The van der Waals surface area contributed by atoms with Crippen LogP contribution in [0.15, 0.2) is 46.8 Å².